The number of hydrogen-bond acceptors (Lipinski definition) is 3. The Morgan fingerprint density at radius 3 is 2.39 bits per heavy atom. The first-order chi connectivity index (χ1) is 13.5. The molecule has 1 atom stereocenters. The zero-order chi connectivity index (χ0) is 20.1. The van der Waals surface area contributed by atoms with Crippen LogP contribution in [0.1, 0.15) is 17.2 Å². The molecule has 0 spiro atoms. The highest BCUT2D eigenvalue weighted by atomic mass is 19.2. The molecule has 1 amide bonds. The molecule has 0 unspecified atom stereocenters. The summed E-state index contributed by atoms with van der Waals surface area (Å²) >= 11 is 0. The summed E-state index contributed by atoms with van der Waals surface area (Å²) in [6, 6.07) is 17.3. The van der Waals surface area contributed by atoms with E-state index in [9.17, 15) is 13.6 Å². The van der Waals surface area contributed by atoms with Gasteiger partial charge >= 0.3 is 0 Å². The summed E-state index contributed by atoms with van der Waals surface area (Å²) < 4.78 is 37.8. The number of anilines is 1. The average Bonchev–Trinajstić information content (AvgIpc) is 2.69. The summed E-state index contributed by atoms with van der Waals surface area (Å²) in [6.45, 7) is 1.89. The third kappa shape index (κ3) is 4.46. The van der Waals surface area contributed by atoms with E-state index in [0.717, 1.165) is 17.7 Å². The van der Waals surface area contributed by atoms with Crippen LogP contribution in [0.15, 0.2) is 66.7 Å². The van der Waals surface area contributed by atoms with Gasteiger partial charge in [-0.25, -0.2) is 8.78 Å². The molecule has 1 N–H and O–H groups in total. The van der Waals surface area contributed by atoms with E-state index in [1.807, 2.05) is 13.0 Å². The molecule has 3 rings (SSSR count). The first-order valence-electron chi connectivity index (χ1n) is 8.60. The van der Waals surface area contributed by atoms with Gasteiger partial charge < -0.3 is 14.8 Å². The minimum absolute atomic E-state index is 0.0408. The molecule has 3 aromatic rings. The summed E-state index contributed by atoms with van der Waals surface area (Å²) in [6.07, 6.45) is -1.07. The number of methoxy groups -OCH3 is 1. The zero-order valence-electron chi connectivity index (χ0n) is 15.4. The molecular weight excluding hydrogens is 364 g/mol. The summed E-state index contributed by atoms with van der Waals surface area (Å²) in [5.74, 6) is -1.97. The minimum atomic E-state index is -1.07. The van der Waals surface area contributed by atoms with Gasteiger partial charge in [-0.3, -0.25) is 4.79 Å². The molecule has 0 bridgehead atoms. The predicted octanol–water partition coefficient (Wildman–Crippen LogP) is 5.04. The molecule has 144 valence electrons. The highest BCUT2D eigenvalue weighted by Crippen LogP contribution is 2.29. The molecule has 28 heavy (non-hydrogen) atoms. The van der Waals surface area contributed by atoms with Gasteiger partial charge in [0.25, 0.3) is 5.91 Å². The van der Waals surface area contributed by atoms with Gasteiger partial charge in [-0.2, -0.15) is 0 Å². The summed E-state index contributed by atoms with van der Waals surface area (Å²) in [4.78, 5) is 13.0. The number of ether oxygens (including phenoxy) is 2. The Hall–Kier alpha value is -3.41. The fourth-order valence-electron chi connectivity index (χ4n) is 2.70. The highest BCUT2D eigenvalue weighted by molar-refractivity contribution is 5.96. The molecule has 0 aliphatic carbocycles. The quantitative estimate of drug-likeness (QED) is 0.649. The summed E-state index contributed by atoms with van der Waals surface area (Å²) in [5, 5.41) is 2.79. The van der Waals surface area contributed by atoms with Crippen molar-refractivity contribution in [2.45, 2.75) is 13.0 Å². The molecule has 0 saturated carbocycles. The molecular formula is C22H19F2NO3. The Kier molecular flexibility index (Phi) is 5.89. The van der Waals surface area contributed by atoms with Gasteiger partial charge in [-0.05, 0) is 36.8 Å². The van der Waals surface area contributed by atoms with Crippen LogP contribution in [0.25, 0.3) is 0 Å². The van der Waals surface area contributed by atoms with E-state index in [-0.39, 0.29) is 5.75 Å². The molecule has 3 aromatic carbocycles. The van der Waals surface area contributed by atoms with E-state index in [0.29, 0.717) is 17.0 Å². The third-order valence-corrected chi connectivity index (χ3v) is 4.10. The molecule has 0 heterocycles. The maximum Gasteiger partial charge on any atom is 0.270 e. The van der Waals surface area contributed by atoms with E-state index in [2.05, 4.69) is 5.32 Å². The Bertz CT molecular complexity index is 977. The van der Waals surface area contributed by atoms with Crippen LogP contribution < -0.4 is 14.8 Å². The van der Waals surface area contributed by atoms with Crippen LogP contribution >= 0.6 is 0 Å². The van der Waals surface area contributed by atoms with Gasteiger partial charge in [0.15, 0.2) is 11.6 Å². The van der Waals surface area contributed by atoms with Crippen LogP contribution in [0, 0.1) is 18.6 Å². The molecule has 0 aliphatic heterocycles. The largest absolute Gasteiger partial charge is 0.495 e. The van der Waals surface area contributed by atoms with Gasteiger partial charge in [0.1, 0.15) is 11.5 Å². The third-order valence-electron chi connectivity index (χ3n) is 4.10. The fraction of sp³-hybridized carbons (Fsp3) is 0.136. The second-order valence-corrected chi connectivity index (χ2v) is 6.18. The van der Waals surface area contributed by atoms with Crippen molar-refractivity contribution < 1.29 is 23.0 Å². The number of carbonyl (C=O) groups is 1. The maximum absolute atomic E-state index is 13.6. The zero-order valence-corrected chi connectivity index (χ0v) is 15.4. The van der Waals surface area contributed by atoms with Gasteiger partial charge in [0, 0.05) is 11.6 Å². The molecule has 6 heteroatoms. The van der Waals surface area contributed by atoms with E-state index in [1.165, 1.54) is 13.2 Å². The lowest BCUT2D eigenvalue weighted by atomic mass is 10.1. The predicted molar refractivity (Wildman–Crippen MR) is 103 cm³/mol. The van der Waals surface area contributed by atoms with Crippen LogP contribution in [-0.2, 0) is 4.79 Å². The minimum Gasteiger partial charge on any atom is -0.495 e. The first kappa shape index (κ1) is 19.4. The Morgan fingerprint density at radius 2 is 1.71 bits per heavy atom. The molecule has 0 aromatic heterocycles. The normalized spacial score (nSPS) is 11.6. The van der Waals surface area contributed by atoms with Gasteiger partial charge in [0.2, 0.25) is 6.10 Å². The topological polar surface area (TPSA) is 47.6 Å². The Balaban J connectivity index is 1.91. The maximum atomic E-state index is 13.6. The number of hydrogen-bond donors (Lipinski definition) is 1. The van der Waals surface area contributed by atoms with Crippen molar-refractivity contribution in [3.63, 3.8) is 0 Å². The van der Waals surface area contributed by atoms with Gasteiger partial charge in [0.05, 0.1) is 12.8 Å². The van der Waals surface area contributed by atoms with Crippen molar-refractivity contribution in [3.8, 4) is 11.5 Å². The summed E-state index contributed by atoms with van der Waals surface area (Å²) in [7, 11) is 1.51. The van der Waals surface area contributed by atoms with Crippen LogP contribution in [0.2, 0.25) is 0 Å². The second kappa shape index (κ2) is 8.52. The van der Waals surface area contributed by atoms with Gasteiger partial charge in [-0.1, -0.05) is 36.4 Å². The SMILES string of the molecule is COc1ccc(C)cc1NC(=O)[C@@H](Oc1ccc(F)c(F)c1)c1ccccc1. The molecule has 4 nitrogen and oxygen atoms in total. The number of halogens is 2. The number of carbonyl (C=O) groups excluding carboxylic acids is 1. The second-order valence-electron chi connectivity index (χ2n) is 6.18. The molecule has 0 fully saturated rings. The number of rotatable bonds is 6. The lowest BCUT2D eigenvalue weighted by Crippen LogP contribution is -2.26. The van der Waals surface area contributed by atoms with Crippen molar-refractivity contribution in [1.29, 1.82) is 0 Å². The van der Waals surface area contributed by atoms with E-state index >= 15 is 0 Å². The smallest absolute Gasteiger partial charge is 0.270 e. The standard InChI is InChI=1S/C22H19F2NO3/c1-14-8-11-20(27-2)19(12-14)25-22(26)21(15-6-4-3-5-7-15)28-16-9-10-17(23)18(24)13-16/h3-13,21H,1-2H3,(H,25,26)/t21-/m0/s1. The molecule has 0 saturated heterocycles. The van der Waals surface area contributed by atoms with Crippen molar-refractivity contribution in [1.82, 2.24) is 0 Å². The van der Waals surface area contributed by atoms with E-state index in [4.69, 9.17) is 9.47 Å². The van der Waals surface area contributed by atoms with Gasteiger partial charge in [-0.15, -0.1) is 0 Å². The molecule has 0 radical (unpaired) electrons. The highest BCUT2D eigenvalue weighted by Gasteiger charge is 2.24. The average molecular weight is 383 g/mol. The Labute approximate surface area is 161 Å². The van der Waals surface area contributed by atoms with Crippen molar-refractivity contribution in [3.05, 3.63) is 89.5 Å². The van der Waals surface area contributed by atoms with Crippen molar-refractivity contribution >= 4 is 11.6 Å². The van der Waals surface area contributed by atoms with Crippen LogP contribution in [0.4, 0.5) is 14.5 Å². The lowest BCUT2D eigenvalue weighted by molar-refractivity contribution is -0.123. The monoisotopic (exact) mass is 383 g/mol. The molecule has 0 aliphatic rings. The number of amides is 1. The van der Waals surface area contributed by atoms with E-state index < -0.39 is 23.6 Å². The fourth-order valence-corrected chi connectivity index (χ4v) is 2.70. The van der Waals surface area contributed by atoms with E-state index in [1.54, 1.807) is 42.5 Å². The number of nitrogens with one attached hydrogen (secondary N) is 1. The van der Waals surface area contributed by atoms with Crippen molar-refractivity contribution in [2.75, 3.05) is 12.4 Å². The number of aryl methyl sites for hydroxylation is 1. The van der Waals surface area contributed by atoms with Crippen LogP contribution in [0.3, 0.4) is 0 Å². The van der Waals surface area contributed by atoms with Crippen LogP contribution in [-0.4, -0.2) is 13.0 Å². The first-order valence-corrected chi connectivity index (χ1v) is 8.60. The van der Waals surface area contributed by atoms with Crippen molar-refractivity contribution in [2.24, 2.45) is 0 Å². The lowest BCUT2D eigenvalue weighted by Gasteiger charge is -2.20. The van der Waals surface area contributed by atoms with Crippen LogP contribution in [0.5, 0.6) is 11.5 Å². The Morgan fingerprint density at radius 1 is 0.964 bits per heavy atom. The summed E-state index contributed by atoms with van der Waals surface area (Å²) in [5.41, 5.74) is 1.99. The number of benzene rings is 3.